The summed E-state index contributed by atoms with van der Waals surface area (Å²) >= 11 is 0. The van der Waals surface area contributed by atoms with Gasteiger partial charge in [0, 0.05) is 5.71 Å². The minimum atomic E-state index is 0.519. The molecule has 0 aliphatic carbocycles. The third-order valence-corrected chi connectivity index (χ3v) is 2.44. The fourth-order valence-corrected chi connectivity index (χ4v) is 1.77. The first-order chi connectivity index (χ1) is 7.00. The van der Waals surface area contributed by atoms with Crippen molar-refractivity contribution in [2.45, 2.75) is 34.6 Å². The van der Waals surface area contributed by atoms with Crippen molar-refractivity contribution in [1.29, 1.82) is 0 Å². The average Bonchev–Trinajstić information content (AvgIpc) is 2.13. The third kappa shape index (κ3) is 3.50. The van der Waals surface area contributed by atoms with E-state index in [4.69, 9.17) is 4.99 Å². The molecule has 15 heavy (non-hydrogen) atoms. The molecule has 0 aliphatic heterocycles. The maximum Gasteiger partial charge on any atom is 0.0631 e. The first kappa shape index (κ1) is 12.0. The monoisotopic (exact) mass is 203 g/mol. The molecular weight excluding hydrogens is 182 g/mol. The number of rotatable bonds is 3. The van der Waals surface area contributed by atoms with Gasteiger partial charge in [0.15, 0.2) is 0 Å². The molecule has 0 N–H and O–H groups in total. The molecule has 0 spiro atoms. The molecule has 1 nitrogen and oxygen atoms in total. The lowest BCUT2D eigenvalue weighted by molar-refractivity contribution is 0.765. The van der Waals surface area contributed by atoms with Crippen molar-refractivity contribution < 1.29 is 0 Å². The van der Waals surface area contributed by atoms with Crippen LogP contribution in [0.25, 0.3) is 0 Å². The fourth-order valence-electron chi connectivity index (χ4n) is 1.77. The molecule has 0 fully saturated rings. The first-order valence-electron chi connectivity index (χ1n) is 5.66. The van der Waals surface area contributed by atoms with E-state index >= 15 is 0 Å². The molecule has 82 valence electrons. The molecule has 0 atom stereocenters. The van der Waals surface area contributed by atoms with E-state index in [0.717, 1.165) is 5.69 Å². The van der Waals surface area contributed by atoms with Gasteiger partial charge in [-0.25, -0.2) is 0 Å². The Labute approximate surface area is 93.2 Å². The quantitative estimate of drug-likeness (QED) is 0.646. The normalized spacial score (nSPS) is 10.9. The van der Waals surface area contributed by atoms with Crippen LogP contribution in [0.2, 0.25) is 0 Å². The molecule has 0 aromatic heterocycles. The average molecular weight is 203 g/mol. The van der Waals surface area contributed by atoms with E-state index in [1.807, 2.05) is 0 Å². The Balaban J connectivity index is 3.02. The minimum absolute atomic E-state index is 0.519. The molecule has 0 bridgehead atoms. The van der Waals surface area contributed by atoms with E-state index in [1.54, 1.807) is 0 Å². The van der Waals surface area contributed by atoms with Gasteiger partial charge in [-0.15, -0.1) is 0 Å². The second kappa shape index (κ2) is 5.11. The van der Waals surface area contributed by atoms with E-state index in [-0.39, 0.29) is 0 Å². The van der Waals surface area contributed by atoms with Gasteiger partial charge in [-0.2, -0.15) is 0 Å². The van der Waals surface area contributed by atoms with Crippen LogP contribution in [0, 0.1) is 18.8 Å². The van der Waals surface area contributed by atoms with Crippen LogP contribution < -0.4 is 0 Å². The van der Waals surface area contributed by atoms with Gasteiger partial charge in [-0.05, 0) is 36.5 Å². The summed E-state index contributed by atoms with van der Waals surface area (Å²) in [6.45, 7) is 10.9. The van der Waals surface area contributed by atoms with Gasteiger partial charge in [-0.1, -0.05) is 39.8 Å². The summed E-state index contributed by atoms with van der Waals surface area (Å²) in [5.74, 6) is 1.04. The van der Waals surface area contributed by atoms with Gasteiger partial charge >= 0.3 is 0 Å². The maximum absolute atomic E-state index is 4.74. The topological polar surface area (TPSA) is 12.4 Å². The zero-order valence-corrected chi connectivity index (χ0v) is 10.4. The summed E-state index contributed by atoms with van der Waals surface area (Å²) in [6.07, 6.45) is 0. The van der Waals surface area contributed by atoms with Gasteiger partial charge in [0.2, 0.25) is 0 Å². The number of hydrogen-bond donors (Lipinski definition) is 0. The molecule has 1 heteroatoms. The summed E-state index contributed by atoms with van der Waals surface area (Å²) in [6, 6.07) is 8.36. The molecule has 0 saturated heterocycles. The highest BCUT2D eigenvalue weighted by atomic mass is 14.8. The van der Waals surface area contributed by atoms with Crippen LogP contribution in [-0.4, -0.2) is 5.71 Å². The Hall–Kier alpha value is -1.11. The summed E-state index contributed by atoms with van der Waals surface area (Å²) < 4.78 is 0. The van der Waals surface area contributed by atoms with Crippen molar-refractivity contribution in [3.63, 3.8) is 0 Å². The van der Waals surface area contributed by atoms with E-state index in [9.17, 15) is 0 Å². The number of benzene rings is 1. The Morgan fingerprint density at radius 2 is 1.67 bits per heavy atom. The zero-order chi connectivity index (χ0) is 11.4. The van der Waals surface area contributed by atoms with Crippen molar-refractivity contribution in [2.24, 2.45) is 16.8 Å². The van der Waals surface area contributed by atoms with E-state index in [0.29, 0.717) is 11.8 Å². The maximum atomic E-state index is 4.74. The Bertz CT molecular complexity index is 338. The van der Waals surface area contributed by atoms with Gasteiger partial charge in [0.05, 0.1) is 5.69 Å². The second-order valence-corrected chi connectivity index (χ2v) is 4.69. The molecule has 0 aliphatic rings. The summed E-state index contributed by atoms with van der Waals surface area (Å²) in [5, 5.41) is 0. The van der Waals surface area contributed by atoms with Gasteiger partial charge < -0.3 is 0 Å². The molecule has 1 aromatic rings. The highest BCUT2D eigenvalue weighted by Gasteiger charge is 2.09. The summed E-state index contributed by atoms with van der Waals surface area (Å²) in [5.41, 5.74) is 3.62. The second-order valence-electron chi connectivity index (χ2n) is 4.69. The lowest BCUT2D eigenvalue weighted by Crippen LogP contribution is -2.14. The largest absolute Gasteiger partial charge is 0.257 e. The molecule has 0 radical (unpaired) electrons. The lowest BCUT2D eigenvalue weighted by atomic mass is 9.97. The molecule has 0 amide bonds. The summed E-state index contributed by atoms with van der Waals surface area (Å²) in [7, 11) is 0. The molecule has 0 heterocycles. The Morgan fingerprint density at radius 1 is 1.07 bits per heavy atom. The third-order valence-electron chi connectivity index (χ3n) is 2.44. The van der Waals surface area contributed by atoms with Gasteiger partial charge in [-0.3, -0.25) is 4.99 Å². The molecule has 1 aromatic carbocycles. The highest BCUT2D eigenvalue weighted by molar-refractivity contribution is 5.90. The standard InChI is InChI=1S/C14H21N/c1-10(2)14(11(3)4)15-13-8-6-7-12(5)9-13/h6-11H,1-5H3. The van der Waals surface area contributed by atoms with E-state index in [2.05, 4.69) is 58.9 Å². The van der Waals surface area contributed by atoms with Crippen molar-refractivity contribution in [3.05, 3.63) is 29.8 Å². The smallest absolute Gasteiger partial charge is 0.0631 e. The van der Waals surface area contributed by atoms with Crippen molar-refractivity contribution in [1.82, 2.24) is 0 Å². The molecule has 0 unspecified atom stereocenters. The predicted octanol–water partition coefficient (Wildman–Crippen LogP) is 4.38. The SMILES string of the molecule is Cc1cccc(N=C(C(C)C)C(C)C)c1. The molecule has 1 rings (SSSR count). The predicted molar refractivity (Wildman–Crippen MR) is 68.0 cm³/mol. The lowest BCUT2D eigenvalue weighted by Gasteiger charge is -2.13. The molecular formula is C14H21N. The van der Waals surface area contributed by atoms with E-state index in [1.165, 1.54) is 11.3 Å². The van der Waals surface area contributed by atoms with Crippen LogP contribution in [0.4, 0.5) is 5.69 Å². The van der Waals surface area contributed by atoms with Crippen molar-refractivity contribution in [2.75, 3.05) is 0 Å². The van der Waals surface area contributed by atoms with Crippen LogP contribution in [-0.2, 0) is 0 Å². The van der Waals surface area contributed by atoms with Crippen molar-refractivity contribution in [3.8, 4) is 0 Å². The summed E-state index contributed by atoms with van der Waals surface area (Å²) in [4.78, 5) is 4.74. The number of aliphatic imine (C=N–C) groups is 1. The van der Waals surface area contributed by atoms with Crippen LogP contribution in [0.3, 0.4) is 0 Å². The van der Waals surface area contributed by atoms with E-state index < -0.39 is 0 Å². The number of hydrogen-bond acceptors (Lipinski definition) is 1. The molecule has 0 saturated carbocycles. The Morgan fingerprint density at radius 3 is 2.13 bits per heavy atom. The van der Waals surface area contributed by atoms with Crippen LogP contribution in [0.1, 0.15) is 33.3 Å². The highest BCUT2D eigenvalue weighted by Crippen LogP contribution is 2.18. The number of aryl methyl sites for hydroxylation is 1. The Kier molecular flexibility index (Phi) is 4.07. The van der Waals surface area contributed by atoms with Crippen LogP contribution in [0.15, 0.2) is 29.3 Å². The van der Waals surface area contributed by atoms with Gasteiger partial charge in [0.1, 0.15) is 0 Å². The number of nitrogens with zero attached hydrogens (tertiary/aromatic N) is 1. The fraction of sp³-hybridized carbons (Fsp3) is 0.500. The zero-order valence-electron chi connectivity index (χ0n) is 10.4. The first-order valence-corrected chi connectivity index (χ1v) is 5.66. The minimum Gasteiger partial charge on any atom is -0.257 e. The van der Waals surface area contributed by atoms with Crippen LogP contribution >= 0.6 is 0 Å². The van der Waals surface area contributed by atoms with Gasteiger partial charge in [0.25, 0.3) is 0 Å². The van der Waals surface area contributed by atoms with Crippen molar-refractivity contribution >= 4 is 11.4 Å². The van der Waals surface area contributed by atoms with Crippen LogP contribution in [0.5, 0.6) is 0 Å².